The quantitative estimate of drug-likeness (QED) is 0.773. The van der Waals surface area contributed by atoms with E-state index in [2.05, 4.69) is 4.98 Å². The van der Waals surface area contributed by atoms with Gasteiger partial charge in [-0.2, -0.15) is 5.26 Å². The Hall–Kier alpha value is -2.23. The molecule has 1 heterocycles. The Bertz CT molecular complexity index is 454. The lowest BCUT2D eigenvalue weighted by molar-refractivity contribution is 0.0689. The minimum absolute atomic E-state index is 0.531. The van der Waals surface area contributed by atoms with E-state index in [4.69, 9.17) is 15.5 Å². The summed E-state index contributed by atoms with van der Waals surface area (Å²) in [5.74, 6) is -2.54. The van der Waals surface area contributed by atoms with Crippen LogP contribution in [0.3, 0.4) is 0 Å². The molecule has 0 aromatic carbocycles. The fraction of sp³-hybridized carbons (Fsp3) is 0.125. The third kappa shape index (κ3) is 1.99. The lowest BCUT2D eigenvalue weighted by Crippen LogP contribution is -2.04. The highest BCUT2D eigenvalue weighted by Gasteiger charge is 2.21. The number of halogens is 2. The fourth-order valence-corrected chi connectivity index (χ4v) is 0.912. The maximum absolute atomic E-state index is 12.3. The van der Waals surface area contributed by atoms with Gasteiger partial charge in [-0.25, -0.2) is 18.6 Å². The summed E-state index contributed by atoms with van der Waals surface area (Å²) in [6.07, 6.45) is -3.07. The minimum Gasteiger partial charge on any atom is -0.505 e. The third-order valence-electron chi connectivity index (χ3n) is 1.58. The minimum atomic E-state index is -3.07. The molecule has 0 amide bonds. The number of carboxylic acid groups (broad SMARTS) is 1. The molecule has 0 atom stereocenters. The molecule has 0 aliphatic carbocycles. The van der Waals surface area contributed by atoms with E-state index in [1.807, 2.05) is 0 Å². The molecule has 0 unspecified atom stereocenters. The van der Waals surface area contributed by atoms with Gasteiger partial charge in [0.25, 0.3) is 6.43 Å². The number of carboxylic acids is 1. The number of aromatic carboxylic acids is 1. The van der Waals surface area contributed by atoms with Crippen molar-refractivity contribution in [3.63, 3.8) is 0 Å². The number of nitrogens with zero attached hydrogens (tertiary/aromatic N) is 2. The highest BCUT2D eigenvalue weighted by Crippen LogP contribution is 2.30. The highest BCUT2D eigenvalue weighted by atomic mass is 19.3. The molecule has 2 N–H and O–H groups in total. The maximum atomic E-state index is 12.3. The van der Waals surface area contributed by atoms with Gasteiger partial charge in [0, 0.05) is 0 Å². The number of rotatable bonds is 2. The van der Waals surface area contributed by atoms with Crippen LogP contribution in [0.15, 0.2) is 6.07 Å². The van der Waals surface area contributed by atoms with Crippen molar-refractivity contribution in [2.24, 2.45) is 0 Å². The number of aromatic hydroxyl groups is 1. The van der Waals surface area contributed by atoms with Gasteiger partial charge in [0.1, 0.15) is 6.07 Å². The molecule has 0 aliphatic heterocycles. The second-order valence-corrected chi connectivity index (χ2v) is 2.51. The molecule has 7 heteroatoms. The standard InChI is InChI=1S/C8H4F2N2O3/c9-7(10)3-1-4(8(14)15)12-5(2-11)6(3)13/h1,7,13H,(H,14,15). The van der Waals surface area contributed by atoms with Crippen LogP contribution in [-0.2, 0) is 0 Å². The molecular weight excluding hydrogens is 210 g/mol. The number of hydrogen-bond acceptors (Lipinski definition) is 4. The van der Waals surface area contributed by atoms with Crippen molar-refractivity contribution in [2.75, 3.05) is 0 Å². The van der Waals surface area contributed by atoms with E-state index in [-0.39, 0.29) is 0 Å². The molecule has 0 bridgehead atoms. The number of pyridine rings is 1. The Kier molecular flexibility index (Phi) is 2.80. The van der Waals surface area contributed by atoms with E-state index in [0.29, 0.717) is 6.07 Å². The lowest BCUT2D eigenvalue weighted by atomic mass is 10.1. The van der Waals surface area contributed by atoms with Crippen LogP contribution in [0.1, 0.15) is 28.2 Å². The first-order valence-corrected chi connectivity index (χ1v) is 3.62. The molecule has 0 fully saturated rings. The molecule has 15 heavy (non-hydrogen) atoms. The van der Waals surface area contributed by atoms with E-state index >= 15 is 0 Å². The van der Waals surface area contributed by atoms with E-state index in [0.717, 1.165) is 0 Å². The van der Waals surface area contributed by atoms with Gasteiger partial charge < -0.3 is 10.2 Å². The predicted octanol–water partition coefficient (Wildman–Crippen LogP) is 1.29. The topological polar surface area (TPSA) is 94.2 Å². The van der Waals surface area contributed by atoms with Gasteiger partial charge in [0.05, 0.1) is 5.56 Å². The Balaban J connectivity index is 3.47. The van der Waals surface area contributed by atoms with Crippen molar-refractivity contribution < 1.29 is 23.8 Å². The van der Waals surface area contributed by atoms with Crippen molar-refractivity contribution in [1.82, 2.24) is 4.98 Å². The summed E-state index contributed by atoms with van der Waals surface area (Å²) >= 11 is 0. The van der Waals surface area contributed by atoms with Crippen LogP contribution in [0, 0.1) is 11.3 Å². The summed E-state index contributed by atoms with van der Waals surface area (Å²) < 4.78 is 24.6. The molecule has 0 spiro atoms. The van der Waals surface area contributed by atoms with E-state index in [1.165, 1.54) is 6.07 Å². The number of hydrogen-bond donors (Lipinski definition) is 2. The zero-order valence-corrected chi connectivity index (χ0v) is 7.11. The number of nitriles is 1. The van der Waals surface area contributed by atoms with Gasteiger partial charge in [-0.15, -0.1) is 0 Å². The summed E-state index contributed by atoms with van der Waals surface area (Å²) in [7, 11) is 0. The van der Waals surface area contributed by atoms with Crippen LogP contribution >= 0.6 is 0 Å². The number of carbonyl (C=O) groups is 1. The molecular formula is C8H4F2N2O3. The summed E-state index contributed by atoms with van der Waals surface area (Å²) in [5, 5.41) is 26.0. The molecule has 1 rings (SSSR count). The third-order valence-corrected chi connectivity index (χ3v) is 1.58. The van der Waals surface area contributed by atoms with Gasteiger partial charge in [-0.05, 0) is 6.07 Å². The zero-order chi connectivity index (χ0) is 11.6. The first-order valence-electron chi connectivity index (χ1n) is 3.62. The maximum Gasteiger partial charge on any atom is 0.354 e. The zero-order valence-electron chi connectivity index (χ0n) is 7.11. The van der Waals surface area contributed by atoms with Gasteiger partial charge >= 0.3 is 5.97 Å². The number of aromatic nitrogens is 1. The smallest absolute Gasteiger partial charge is 0.354 e. The van der Waals surface area contributed by atoms with Crippen molar-refractivity contribution in [3.8, 4) is 11.8 Å². The average Bonchev–Trinajstić information content (AvgIpc) is 2.17. The lowest BCUT2D eigenvalue weighted by Gasteiger charge is -2.05. The monoisotopic (exact) mass is 214 g/mol. The molecule has 1 aromatic rings. The Morgan fingerprint density at radius 1 is 1.60 bits per heavy atom. The Morgan fingerprint density at radius 2 is 2.20 bits per heavy atom. The van der Waals surface area contributed by atoms with Crippen molar-refractivity contribution in [3.05, 3.63) is 23.0 Å². The molecule has 5 nitrogen and oxygen atoms in total. The molecule has 0 saturated carbocycles. The highest BCUT2D eigenvalue weighted by molar-refractivity contribution is 5.86. The van der Waals surface area contributed by atoms with Crippen LogP contribution in [0.4, 0.5) is 8.78 Å². The Morgan fingerprint density at radius 3 is 2.60 bits per heavy atom. The fourth-order valence-electron chi connectivity index (χ4n) is 0.912. The summed E-state index contributed by atoms with van der Waals surface area (Å²) in [6.45, 7) is 0. The second-order valence-electron chi connectivity index (χ2n) is 2.51. The molecule has 0 radical (unpaired) electrons. The van der Waals surface area contributed by atoms with Gasteiger partial charge in [-0.1, -0.05) is 0 Å². The van der Waals surface area contributed by atoms with Crippen LogP contribution in [0.25, 0.3) is 0 Å². The van der Waals surface area contributed by atoms with E-state index in [9.17, 15) is 13.6 Å². The van der Waals surface area contributed by atoms with Crippen molar-refractivity contribution in [1.29, 1.82) is 5.26 Å². The van der Waals surface area contributed by atoms with Crippen LogP contribution in [0.2, 0.25) is 0 Å². The molecule has 1 aromatic heterocycles. The SMILES string of the molecule is N#Cc1nc(C(=O)O)cc(C(F)F)c1O. The molecule has 0 aliphatic rings. The van der Waals surface area contributed by atoms with E-state index < -0.39 is 35.1 Å². The van der Waals surface area contributed by atoms with Crippen LogP contribution in [-0.4, -0.2) is 21.2 Å². The van der Waals surface area contributed by atoms with Gasteiger partial charge in [0.2, 0.25) is 0 Å². The second kappa shape index (κ2) is 3.88. The van der Waals surface area contributed by atoms with Gasteiger partial charge in [-0.3, -0.25) is 0 Å². The van der Waals surface area contributed by atoms with E-state index in [1.54, 1.807) is 0 Å². The van der Waals surface area contributed by atoms with Crippen molar-refractivity contribution in [2.45, 2.75) is 6.43 Å². The molecule has 0 saturated heterocycles. The van der Waals surface area contributed by atoms with Gasteiger partial charge in [0.15, 0.2) is 17.1 Å². The first-order chi connectivity index (χ1) is 6.97. The van der Waals surface area contributed by atoms with Crippen LogP contribution < -0.4 is 0 Å². The predicted molar refractivity (Wildman–Crippen MR) is 42.5 cm³/mol. The summed E-state index contributed by atoms with van der Waals surface area (Å²) in [5.41, 5.74) is -2.36. The van der Waals surface area contributed by atoms with Crippen molar-refractivity contribution >= 4 is 5.97 Å². The summed E-state index contributed by atoms with van der Waals surface area (Å²) in [6, 6.07) is 1.86. The Labute approximate surface area is 82.2 Å². The number of alkyl halides is 2. The first kappa shape index (κ1) is 10.8. The largest absolute Gasteiger partial charge is 0.505 e. The average molecular weight is 214 g/mol. The summed E-state index contributed by atoms with van der Waals surface area (Å²) in [4.78, 5) is 13.6. The molecule has 78 valence electrons. The van der Waals surface area contributed by atoms with Crippen LogP contribution in [0.5, 0.6) is 5.75 Å². The normalized spacial score (nSPS) is 10.0.